The van der Waals surface area contributed by atoms with Gasteiger partial charge in [-0.3, -0.25) is 10.1 Å². The van der Waals surface area contributed by atoms with E-state index in [1.165, 1.54) is 6.07 Å². The van der Waals surface area contributed by atoms with Crippen LogP contribution in [-0.4, -0.2) is 27.8 Å². The molecule has 1 unspecified atom stereocenters. The van der Waals surface area contributed by atoms with Crippen LogP contribution in [0.25, 0.3) is 0 Å². The highest BCUT2D eigenvalue weighted by molar-refractivity contribution is 6.03. The summed E-state index contributed by atoms with van der Waals surface area (Å²) in [5, 5.41) is 23.1. The number of nitrogens with zero attached hydrogens (tertiary/aromatic N) is 2. The molecule has 3 N–H and O–H groups in total. The number of benzene rings is 1. The summed E-state index contributed by atoms with van der Waals surface area (Å²) < 4.78 is 5.43. The van der Waals surface area contributed by atoms with E-state index in [9.17, 15) is 9.90 Å². The third-order valence-corrected chi connectivity index (χ3v) is 3.49. The van der Waals surface area contributed by atoms with Crippen molar-refractivity contribution >= 4 is 11.9 Å². The summed E-state index contributed by atoms with van der Waals surface area (Å²) >= 11 is 0. The van der Waals surface area contributed by atoms with E-state index in [4.69, 9.17) is 4.42 Å². The van der Waals surface area contributed by atoms with E-state index >= 15 is 0 Å². The quantitative estimate of drug-likeness (QED) is 0.795. The number of rotatable bonds is 3. The van der Waals surface area contributed by atoms with Crippen molar-refractivity contribution in [3.05, 3.63) is 35.2 Å². The molecule has 7 heteroatoms. The first-order valence-corrected chi connectivity index (χ1v) is 6.81. The van der Waals surface area contributed by atoms with E-state index in [2.05, 4.69) is 20.8 Å². The average molecular weight is 288 g/mol. The second-order valence-electron chi connectivity index (χ2n) is 5.05. The lowest BCUT2D eigenvalue weighted by molar-refractivity contribution is 0.102. The first-order chi connectivity index (χ1) is 10.1. The van der Waals surface area contributed by atoms with Gasteiger partial charge in [-0.1, -0.05) is 11.2 Å². The zero-order valence-corrected chi connectivity index (χ0v) is 11.6. The normalized spacial score (nSPS) is 17.9. The smallest absolute Gasteiger partial charge is 0.322 e. The lowest BCUT2D eigenvalue weighted by atomic mass is 10.1. The Kier molecular flexibility index (Phi) is 3.57. The van der Waals surface area contributed by atoms with Gasteiger partial charge < -0.3 is 14.8 Å². The number of nitrogens with one attached hydrogen (secondary N) is 2. The molecule has 1 saturated heterocycles. The van der Waals surface area contributed by atoms with E-state index in [1.807, 2.05) is 0 Å². The van der Waals surface area contributed by atoms with Gasteiger partial charge in [-0.05, 0) is 44.0 Å². The minimum atomic E-state index is -0.403. The van der Waals surface area contributed by atoms with Gasteiger partial charge in [0.1, 0.15) is 5.75 Å². The van der Waals surface area contributed by atoms with Gasteiger partial charge in [0.05, 0.1) is 6.04 Å². The fourth-order valence-electron chi connectivity index (χ4n) is 2.24. The highest BCUT2D eigenvalue weighted by atomic mass is 16.4. The number of hydrogen-bond acceptors (Lipinski definition) is 6. The minimum absolute atomic E-state index is 0.0590. The van der Waals surface area contributed by atoms with Crippen molar-refractivity contribution in [2.75, 3.05) is 11.9 Å². The van der Waals surface area contributed by atoms with Gasteiger partial charge in [0.25, 0.3) is 5.91 Å². The van der Waals surface area contributed by atoms with Crippen LogP contribution in [0.1, 0.15) is 40.7 Å². The maximum absolute atomic E-state index is 12.0. The molecule has 21 heavy (non-hydrogen) atoms. The zero-order chi connectivity index (χ0) is 14.8. The highest BCUT2D eigenvalue weighted by Gasteiger charge is 2.22. The first kappa shape index (κ1) is 13.6. The number of hydrogen-bond donors (Lipinski definition) is 3. The molecule has 1 aromatic carbocycles. The summed E-state index contributed by atoms with van der Waals surface area (Å²) in [5.41, 5.74) is 1.04. The molecular weight excluding hydrogens is 272 g/mol. The molecule has 0 saturated carbocycles. The van der Waals surface area contributed by atoms with Gasteiger partial charge in [0.15, 0.2) is 0 Å². The van der Waals surface area contributed by atoms with E-state index in [-0.39, 0.29) is 17.8 Å². The second-order valence-corrected chi connectivity index (χ2v) is 5.05. The van der Waals surface area contributed by atoms with Gasteiger partial charge in [0, 0.05) is 5.56 Å². The van der Waals surface area contributed by atoms with Crippen LogP contribution in [0.3, 0.4) is 0 Å². The Morgan fingerprint density at radius 1 is 1.48 bits per heavy atom. The molecule has 7 nitrogen and oxygen atoms in total. The Labute approximate surface area is 121 Å². The van der Waals surface area contributed by atoms with Crippen molar-refractivity contribution in [2.45, 2.75) is 25.8 Å². The number of aromatic nitrogens is 2. The zero-order valence-electron chi connectivity index (χ0n) is 11.6. The van der Waals surface area contributed by atoms with Crippen molar-refractivity contribution < 1.29 is 14.3 Å². The Morgan fingerprint density at radius 3 is 3.05 bits per heavy atom. The Bertz CT molecular complexity index is 662. The van der Waals surface area contributed by atoms with E-state index < -0.39 is 5.91 Å². The molecule has 2 aromatic rings. The van der Waals surface area contributed by atoms with Crippen LogP contribution in [-0.2, 0) is 0 Å². The Balaban J connectivity index is 1.70. The molecular formula is C14H16N4O3. The van der Waals surface area contributed by atoms with Crippen molar-refractivity contribution in [3.63, 3.8) is 0 Å². The van der Waals surface area contributed by atoms with Gasteiger partial charge in [-0.25, -0.2) is 0 Å². The Hall–Kier alpha value is -2.41. The van der Waals surface area contributed by atoms with Crippen LogP contribution in [0, 0.1) is 6.92 Å². The van der Waals surface area contributed by atoms with Gasteiger partial charge >= 0.3 is 6.01 Å². The number of carbonyl (C=O) groups excluding carboxylic acids is 1. The van der Waals surface area contributed by atoms with Crippen LogP contribution in [0.5, 0.6) is 5.75 Å². The molecule has 1 aliphatic rings. The van der Waals surface area contributed by atoms with Gasteiger partial charge in [0.2, 0.25) is 5.89 Å². The van der Waals surface area contributed by atoms with Crippen molar-refractivity contribution in [1.82, 2.24) is 15.5 Å². The topological polar surface area (TPSA) is 100 Å². The number of anilines is 1. The molecule has 1 fully saturated rings. The van der Waals surface area contributed by atoms with Crippen LogP contribution in [0.15, 0.2) is 22.6 Å². The predicted octanol–water partition coefficient (Wildman–Crippen LogP) is 1.76. The number of phenols is 1. The summed E-state index contributed by atoms with van der Waals surface area (Å²) in [5.74, 6) is 0.151. The maximum atomic E-state index is 12.0. The maximum Gasteiger partial charge on any atom is 0.322 e. The molecule has 0 radical (unpaired) electrons. The third-order valence-electron chi connectivity index (χ3n) is 3.49. The van der Waals surface area contributed by atoms with Gasteiger partial charge in [-0.15, -0.1) is 5.10 Å². The van der Waals surface area contributed by atoms with Crippen LogP contribution in [0.4, 0.5) is 6.01 Å². The SMILES string of the molecule is Cc1ccc(C(=O)Nc2nnc(C3CCCN3)o2)cc1O. The molecule has 0 aliphatic carbocycles. The van der Waals surface area contributed by atoms with Crippen LogP contribution in [0.2, 0.25) is 0 Å². The fourth-order valence-corrected chi connectivity index (χ4v) is 2.24. The minimum Gasteiger partial charge on any atom is -0.508 e. The Morgan fingerprint density at radius 2 is 2.33 bits per heavy atom. The summed E-state index contributed by atoms with van der Waals surface area (Å²) in [6.45, 7) is 2.69. The number of aromatic hydroxyl groups is 1. The number of amides is 1. The molecule has 1 amide bonds. The van der Waals surface area contributed by atoms with Gasteiger partial charge in [-0.2, -0.15) is 0 Å². The van der Waals surface area contributed by atoms with Crippen molar-refractivity contribution in [1.29, 1.82) is 0 Å². The van der Waals surface area contributed by atoms with Crippen molar-refractivity contribution in [3.8, 4) is 5.75 Å². The third kappa shape index (κ3) is 2.87. The standard InChI is InChI=1S/C14H16N4O3/c1-8-4-5-9(7-11(8)19)12(20)16-14-18-17-13(21-14)10-3-2-6-15-10/h4-5,7,10,15,19H,2-3,6H2,1H3,(H,16,18,20). The van der Waals surface area contributed by atoms with E-state index in [0.29, 0.717) is 17.0 Å². The van der Waals surface area contributed by atoms with Crippen LogP contribution >= 0.6 is 0 Å². The summed E-state index contributed by atoms with van der Waals surface area (Å²) in [7, 11) is 0. The van der Waals surface area contributed by atoms with E-state index in [1.54, 1.807) is 19.1 Å². The molecule has 0 spiro atoms. The number of aryl methyl sites for hydroxylation is 1. The number of carbonyl (C=O) groups is 1. The summed E-state index contributed by atoms with van der Waals surface area (Å²) in [6, 6.07) is 4.82. The number of phenolic OH excluding ortho intramolecular Hbond substituents is 1. The molecule has 110 valence electrons. The lowest BCUT2D eigenvalue weighted by Gasteiger charge is -2.04. The largest absolute Gasteiger partial charge is 0.508 e. The van der Waals surface area contributed by atoms with Crippen LogP contribution < -0.4 is 10.6 Å². The molecule has 1 aliphatic heterocycles. The predicted molar refractivity (Wildman–Crippen MR) is 75.1 cm³/mol. The fraction of sp³-hybridized carbons (Fsp3) is 0.357. The van der Waals surface area contributed by atoms with Crippen molar-refractivity contribution in [2.24, 2.45) is 0 Å². The first-order valence-electron chi connectivity index (χ1n) is 6.81. The molecule has 0 bridgehead atoms. The summed E-state index contributed by atoms with van der Waals surface area (Å²) in [4.78, 5) is 12.0. The molecule has 3 rings (SSSR count). The monoisotopic (exact) mass is 288 g/mol. The summed E-state index contributed by atoms with van der Waals surface area (Å²) in [6.07, 6.45) is 2.01. The average Bonchev–Trinajstić information content (AvgIpc) is 3.12. The molecule has 2 heterocycles. The molecule has 1 aromatic heterocycles. The molecule has 1 atom stereocenters. The second kappa shape index (κ2) is 5.53. The highest BCUT2D eigenvalue weighted by Crippen LogP contribution is 2.23. The lowest BCUT2D eigenvalue weighted by Crippen LogP contribution is -2.13. The van der Waals surface area contributed by atoms with E-state index in [0.717, 1.165) is 19.4 Å².